The number of hydrogen-bond acceptors (Lipinski definition) is 9. The third-order valence-electron chi connectivity index (χ3n) is 5.18. The first-order chi connectivity index (χ1) is 16.0. The van der Waals surface area contributed by atoms with Gasteiger partial charge in [-0.15, -0.1) is 0 Å². The van der Waals surface area contributed by atoms with Crippen molar-refractivity contribution in [1.29, 1.82) is 0 Å². The van der Waals surface area contributed by atoms with Crippen LogP contribution in [0.3, 0.4) is 0 Å². The average Bonchev–Trinajstić information content (AvgIpc) is 2.84. The number of nitrogen functional groups attached to an aromatic ring is 1. The maximum Gasteiger partial charge on any atom is 0.261 e. The molecule has 2 aromatic carbocycles. The number of rotatable bonds is 5. The Hall–Kier alpha value is -3.83. The standard InChI is InChI=1S/C22H21N7O3S/c23-22-26-20-19(21(27-22)29-9-11-32-12-10-29)25-18(14-24-20)15-5-4-6-16(13-15)28-33(30,31)17-7-2-1-3-8-17/h1-8,13-14,28H,9-12H2,(H2,23,24,26,27). The first-order valence-corrected chi connectivity index (χ1v) is 11.8. The van der Waals surface area contributed by atoms with Crippen molar-refractivity contribution in [3.8, 4) is 11.3 Å². The SMILES string of the molecule is Nc1nc(N2CCOCC2)c2nc(-c3cccc(NS(=O)(=O)c4ccccc4)c3)cnc2n1. The number of sulfonamides is 1. The highest BCUT2D eigenvalue weighted by molar-refractivity contribution is 7.92. The maximum absolute atomic E-state index is 12.7. The van der Waals surface area contributed by atoms with Crippen molar-refractivity contribution in [2.45, 2.75) is 4.90 Å². The summed E-state index contributed by atoms with van der Waals surface area (Å²) in [7, 11) is -3.71. The van der Waals surface area contributed by atoms with Gasteiger partial charge in [-0.25, -0.2) is 18.4 Å². The smallest absolute Gasteiger partial charge is 0.261 e. The van der Waals surface area contributed by atoms with Gasteiger partial charge in [-0.3, -0.25) is 4.72 Å². The van der Waals surface area contributed by atoms with Crippen molar-refractivity contribution in [3.63, 3.8) is 0 Å². The molecular weight excluding hydrogens is 442 g/mol. The normalized spacial score (nSPS) is 14.4. The first-order valence-electron chi connectivity index (χ1n) is 10.3. The van der Waals surface area contributed by atoms with E-state index in [1.54, 1.807) is 54.7 Å². The van der Waals surface area contributed by atoms with Crippen LogP contribution in [0, 0.1) is 0 Å². The molecule has 4 aromatic rings. The lowest BCUT2D eigenvalue weighted by Crippen LogP contribution is -2.37. The van der Waals surface area contributed by atoms with Gasteiger partial charge in [-0.05, 0) is 24.3 Å². The molecule has 33 heavy (non-hydrogen) atoms. The molecular formula is C22H21N7O3S. The molecule has 168 valence electrons. The van der Waals surface area contributed by atoms with Crippen molar-refractivity contribution in [2.75, 3.05) is 41.7 Å². The Balaban J connectivity index is 1.51. The molecule has 0 atom stereocenters. The van der Waals surface area contributed by atoms with E-state index in [1.807, 2.05) is 11.0 Å². The quantitative estimate of drug-likeness (QED) is 0.457. The Labute approximate surface area is 190 Å². The lowest BCUT2D eigenvalue weighted by molar-refractivity contribution is 0.122. The maximum atomic E-state index is 12.7. The van der Waals surface area contributed by atoms with Crippen LogP contribution in [0.2, 0.25) is 0 Å². The Bertz CT molecular complexity index is 1410. The van der Waals surface area contributed by atoms with E-state index in [0.717, 1.165) is 0 Å². The number of hydrogen-bond donors (Lipinski definition) is 2. The minimum absolute atomic E-state index is 0.128. The summed E-state index contributed by atoms with van der Waals surface area (Å²) in [6.07, 6.45) is 1.59. The highest BCUT2D eigenvalue weighted by atomic mass is 32.2. The average molecular weight is 464 g/mol. The lowest BCUT2D eigenvalue weighted by atomic mass is 10.1. The van der Waals surface area contributed by atoms with Crippen molar-refractivity contribution in [2.24, 2.45) is 0 Å². The number of morpholine rings is 1. The molecule has 1 aliphatic heterocycles. The van der Waals surface area contributed by atoms with E-state index in [9.17, 15) is 8.42 Å². The monoisotopic (exact) mass is 463 g/mol. The molecule has 3 N–H and O–H groups in total. The van der Waals surface area contributed by atoms with Crippen molar-refractivity contribution >= 4 is 38.6 Å². The second-order valence-electron chi connectivity index (χ2n) is 7.43. The van der Waals surface area contributed by atoms with Gasteiger partial charge in [-0.1, -0.05) is 30.3 Å². The molecule has 1 fully saturated rings. The highest BCUT2D eigenvalue weighted by Gasteiger charge is 2.20. The summed E-state index contributed by atoms with van der Waals surface area (Å²) in [6, 6.07) is 15.2. The zero-order chi connectivity index (χ0) is 22.8. The van der Waals surface area contributed by atoms with Crippen LogP contribution in [-0.2, 0) is 14.8 Å². The fourth-order valence-electron chi connectivity index (χ4n) is 3.60. The van der Waals surface area contributed by atoms with Crippen molar-refractivity contribution in [3.05, 3.63) is 60.8 Å². The zero-order valence-corrected chi connectivity index (χ0v) is 18.4. The molecule has 0 bridgehead atoms. The predicted molar refractivity (Wildman–Crippen MR) is 125 cm³/mol. The number of nitrogens with one attached hydrogen (secondary N) is 1. The second kappa shape index (κ2) is 8.60. The van der Waals surface area contributed by atoms with Gasteiger partial charge in [0.1, 0.15) is 0 Å². The van der Waals surface area contributed by atoms with E-state index in [0.29, 0.717) is 60.2 Å². The molecule has 11 heteroatoms. The van der Waals surface area contributed by atoms with Crippen LogP contribution in [0.25, 0.3) is 22.4 Å². The van der Waals surface area contributed by atoms with E-state index in [2.05, 4.69) is 19.7 Å². The molecule has 0 saturated carbocycles. The topological polar surface area (TPSA) is 136 Å². The first kappa shape index (κ1) is 21.0. The van der Waals surface area contributed by atoms with E-state index in [-0.39, 0.29) is 10.8 Å². The van der Waals surface area contributed by atoms with Crippen LogP contribution in [-0.4, -0.2) is 54.7 Å². The molecule has 0 spiro atoms. The molecule has 0 radical (unpaired) electrons. The van der Waals surface area contributed by atoms with Crippen LogP contribution < -0.4 is 15.4 Å². The summed E-state index contributed by atoms with van der Waals surface area (Å²) in [5, 5.41) is 0. The van der Waals surface area contributed by atoms with E-state index in [1.165, 1.54) is 0 Å². The number of aromatic nitrogens is 4. The van der Waals surface area contributed by atoms with Gasteiger partial charge in [0.2, 0.25) is 5.95 Å². The van der Waals surface area contributed by atoms with E-state index < -0.39 is 10.0 Å². The van der Waals surface area contributed by atoms with Gasteiger partial charge in [0.25, 0.3) is 10.0 Å². The fraction of sp³-hybridized carbons (Fsp3) is 0.182. The zero-order valence-electron chi connectivity index (χ0n) is 17.5. The molecule has 1 saturated heterocycles. The number of anilines is 3. The third kappa shape index (κ3) is 4.41. The van der Waals surface area contributed by atoms with Gasteiger partial charge in [-0.2, -0.15) is 9.97 Å². The molecule has 2 aromatic heterocycles. The van der Waals surface area contributed by atoms with Crippen LogP contribution in [0.4, 0.5) is 17.5 Å². The summed E-state index contributed by atoms with van der Waals surface area (Å²) in [4.78, 5) is 20.0. The number of benzene rings is 2. The molecule has 10 nitrogen and oxygen atoms in total. The Morgan fingerprint density at radius 2 is 1.76 bits per heavy atom. The van der Waals surface area contributed by atoms with Crippen LogP contribution >= 0.6 is 0 Å². The molecule has 0 unspecified atom stereocenters. The highest BCUT2D eigenvalue weighted by Crippen LogP contribution is 2.27. The van der Waals surface area contributed by atoms with Crippen molar-refractivity contribution < 1.29 is 13.2 Å². The van der Waals surface area contributed by atoms with Crippen molar-refractivity contribution in [1.82, 2.24) is 19.9 Å². The van der Waals surface area contributed by atoms with Gasteiger partial charge >= 0.3 is 0 Å². The van der Waals surface area contributed by atoms with E-state index >= 15 is 0 Å². The Morgan fingerprint density at radius 1 is 0.970 bits per heavy atom. The molecule has 0 amide bonds. The third-order valence-corrected chi connectivity index (χ3v) is 6.58. The molecule has 0 aliphatic carbocycles. The van der Waals surface area contributed by atoms with E-state index in [4.69, 9.17) is 15.5 Å². The van der Waals surface area contributed by atoms with Gasteiger partial charge in [0.15, 0.2) is 17.0 Å². The number of fused-ring (bicyclic) bond motifs is 1. The van der Waals surface area contributed by atoms with Crippen LogP contribution in [0.1, 0.15) is 0 Å². The van der Waals surface area contributed by atoms with Gasteiger partial charge in [0, 0.05) is 24.3 Å². The number of nitrogens with zero attached hydrogens (tertiary/aromatic N) is 5. The van der Waals surface area contributed by atoms with Crippen LogP contribution in [0.5, 0.6) is 0 Å². The molecule has 1 aliphatic rings. The fourth-order valence-corrected chi connectivity index (χ4v) is 4.67. The lowest BCUT2D eigenvalue weighted by Gasteiger charge is -2.28. The summed E-state index contributed by atoms with van der Waals surface area (Å²) < 4.78 is 33.4. The minimum Gasteiger partial charge on any atom is -0.378 e. The summed E-state index contributed by atoms with van der Waals surface area (Å²) in [6.45, 7) is 2.49. The largest absolute Gasteiger partial charge is 0.378 e. The van der Waals surface area contributed by atoms with Crippen LogP contribution in [0.15, 0.2) is 65.7 Å². The Kier molecular flexibility index (Phi) is 5.48. The number of nitrogens with two attached hydrogens (primary N) is 1. The molecule has 3 heterocycles. The minimum atomic E-state index is -3.71. The van der Waals surface area contributed by atoms with Gasteiger partial charge < -0.3 is 15.4 Å². The predicted octanol–water partition coefficient (Wildman–Crippen LogP) is 2.31. The second-order valence-corrected chi connectivity index (χ2v) is 9.11. The summed E-state index contributed by atoms with van der Waals surface area (Å²) in [5.41, 5.74) is 8.49. The summed E-state index contributed by atoms with van der Waals surface area (Å²) >= 11 is 0. The van der Waals surface area contributed by atoms with Gasteiger partial charge in [0.05, 0.1) is 30.0 Å². The molecule has 5 rings (SSSR count). The number of ether oxygens (including phenoxy) is 1. The Morgan fingerprint density at radius 3 is 2.55 bits per heavy atom. The summed E-state index contributed by atoms with van der Waals surface area (Å²) in [5.74, 6) is 0.736.